The number of halogens is 1. The van der Waals surface area contributed by atoms with Gasteiger partial charge in [0.25, 0.3) is 0 Å². The lowest BCUT2D eigenvalue weighted by atomic mass is 9.71. The van der Waals surface area contributed by atoms with Gasteiger partial charge in [0.15, 0.2) is 34.2 Å². The Bertz CT molecular complexity index is 1820. The zero-order valence-corrected chi connectivity index (χ0v) is 37.2. The van der Waals surface area contributed by atoms with Crippen LogP contribution in [0.4, 0.5) is 4.39 Å². The molecule has 2 saturated heterocycles. The minimum Gasteiger partial charge on any atom is -0.493 e. The van der Waals surface area contributed by atoms with Gasteiger partial charge in [0.05, 0.1) is 28.4 Å². The smallest absolute Gasteiger partial charge is 0.304 e. The molecule has 0 unspecified atom stereocenters. The van der Waals surface area contributed by atoms with Crippen LogP contribution in [0.2, 0.25) is 0 Å². The number of hydrogen-bond donors (Lipinski definition) is 1. The molecule has 11 nitrogen and oxygen atoms in total. The van der Waals surface area contributed by atoms with E-state index in [1.54, 1.807) is 28.4 Å². The molecule has 0 aromatic heterocycles. The third-order valence-corrected chi connectivity index (χ3v) is 12.4. The average Bonchev–Trinajstić information content (AvgIpc) is 3.21. The number of ether oxygens (including phenoxy) is 6. The van der Waals surface area contributed by atoms with Gasteiger partial charge in [-0.05, 0) is 84.0 Å². The molecule has 12 heteroatoms. The van der Waals surface area contributed by atoms with Crippen LogP contribution in [-0.4, -0.2) is 106 Å². The fourth-order valence-electron chi connectivity index (χ4n) is 10.0. The molecule has 0 bridgehead atoms. The van der Waals surface area contributed by atoms with Crippen LogP contribution in [0.3, 0.4) is 0 Å². The first kappa shape index (κ1) is 51.9. The number of carbonyl (C=O) groups is 2. The van der Waals surface area contributed by atoms with Crippen molar-refractivity contribution in [2.24, 2.45) is 23.7 Å². The van der Waals surface area contributed by atoms with Crippen LogP contribution in [0.5, 0.6) is 23.0 Å². The molecule has 344 valence electrons. The van der Waals surface area contributed by atoms with E-state index in [-0.39, 0.29) is 57.3 Å². The zero-order valence-electron chi connectivity index (χ0n) is 37.2. The van der Waals surface area contributed by atoms with Crippen molar-refractivity contribution >= 4 is 11.9 Å². The Morgan fingerprint density at radius 3 is 1.39 bits per heavy atom. The Morgan fingerprint density at radius 1 is 0.694 bits per heavy atom. The van der Waals surface area contributed by atoms with Crippen LogP contribution in [-0.2, 0) is 31.9 Å². The van der Waals surface area contributed by atoms with Crippen LogP contribution in [0, 0.1) is 47.4 Å². The monoisotopic (exact) mass is 865 g/mol. The van der Waals surface area contributed by atoms with E-state index >= 15 is 0 Å². The molecule has 62 heavy (non-hydrogen) atoms. The number of piperidine rings is 2. The lowest BCUT2D eigenvalue weighted by Gasteiger charge is -2.51. The number of benzene rings is 2. The average molecular weight is 865 g/mol. The van der Waals surface area contributed by atoms with Gasteiger partial charge in [-0.15, -0.1) is 0 Å². The second-order valence-electron chi connectivity index (χ2n) is 17.3. The number of aliphatic hydroxyl groups is 1. The number of nitrogens with zero attached hydrogens (tertiary/aromatic N) is 2. The van der Waals surface area contributed by atoms with Crippen LogP contribution in [0.15, 0.2) is 24.3 Å². The van der Waals surface area contributed by atoms with Gasteiger partial charge in [-0.3, -0.25) is 19.4 Å². The second-order valence-corrected chi connectivity index (χ2v) is 17.3. The molecular weight excluding hydrogens is 792 g/mol. The Labute approximate surface area is 371 Å². The highest BCUT2D eigenvalue weighted by Crippen LogP contribution is 2.50. The van der Waals surface area contributed by atoms with E-state index in [1.807, 2.05) is 18.2 Å². The van der Waals surface area contributed by atoms with Gasteiger partial charge in [0, 0.05) is 76.8 Å². The lowest BCUT2D eigenvalue weighted by molar-refractivity contribution is -0.166. The summed E-state index contributed by atoms with van der Waals surface area (Å²) >= 11 is 0. The van der Waals surface area contributed by atoms with E-state index in [0.29, 0.717) is 41.9 Å². The Hall–Kier alpha value is -4.49. The molecule has 4 heterocycles. The maximum absolute atomic E-state index is 13.0. The zero-order chi connectivity index (χ0) is 43.8. The van der Waals surface area contributed by atoms with Crippen LogP contribution >= 0.6 is 0 Å². The predicted octanol–water partition coefficient (Wildman–Crippen LogP) is 8.18. The van der Waals surface area contributed by atoms with E-state index in [2.05, 4.69) is 67.2 Å². The van der Waals surface area contributed by atoms with Gasteiger partial charge in [0.1, 0.15) is 13.3 Å². The van der Waals surface area contributed by atoms with Gasteiger partial charge in [-0.1, -0.05) is 66.2 Å². The fraction of sp³-hybridized carbons (Fsp3) is 0.640. The summed E-state index contributed by atoms with van der Waals surface area (Å²) in [5, 5.41) is 9.37. The van der Waals surface area contributed by atoms with Gasteiger partial charge < -0.3 is 33.5 Å². The number of aliphatic hydroxyl groups excluding tert-OH is 1. The van der Waals surface area contributed by atoms with Crippen molar-refractivity contribution in [3.63, 3.8) is 0 Å². The molecule has 4 aliphatic heterocycles. The number of hydrogen-bond acceptors (Lipinski definition) is 11. The number of alkyl halides is 1. The van der Waals surface area contributed by atoms with Crippen molar-refractivity contribution in [3.05, 3.63) is 46.5 Å². The summed E-state index contributed by atoms with van der Waals surface area (Å²) in [6, 6.07) is 8.24. The largest absolute Gasteiger partial charge is 0.493 e. The highest BCUT2D eigenvalue weighted by molar-refractivity contribution is 5.68. The van der Waals surface area contributed by atoms with E-state index in [1.165, 1.54) is 30.5 Å². The van der Waals surface area contributed by atoms with Crippen molar-refractivity contribution in [3.8, 4) is 46.7 Å². The number of fused-ring (bicyclic) bond motifs is 6. The van der Waals surface area contributed by atoms with Gasteiger partial charge in [-0.25, -0.2) is 4.39 Å². The summed E-state index contributed by atoms with van der Waals surface area (Å²) in [5.74, 6) is 14.6. The topological polar surface area (TPSA) is 116 Å². The quantitative estimate of drug-likeness (QED) is 0.184. The Balaban J connectivity index is 0.000000320. The van der Waals surface area contributed by atoms with Crippen molar-refractivity contribution in [2.75, 3.05) is 67.9 Å². The predicted molar refractivity (Wildman–Crippen MR) is 241 cm³/mol. The summed E-state index contributed by atoms with van der Waals surface area (Å²) < 4.78 is 46.9. The molecule has 2 aromatic carbocycles. The Kier molecular flexibility index (Phi) is 19.0. The molecule has 1 N–H and O–H groups in total. The van der Waals surface area contributed by atoms with E-state index in [4.69, 9.17) is 28.4 Å². The van der Waals surface area contributed by atoms with Gasteiger partial charge in [0.2, 0.25) is 0 Å². The van der Waals surface area contributed by atoms with E-state index in [0.717, 1.165) is 63.2 Å². The number of esters is 2. The van der Waals surface area contributed by atoms with E-state index < -0.39 is 17.9 Å². The van der Waals surface area contributed by atoms with Gasteiger partial charge in [-0.2, -0.15) is 0 Å². The molecule has 0 amide bonds. The fourth-order valence-corrected chi connectivity index (χ4v) is 10.0. The minimum absolute atomic E-state index is 0. The number of rotatable bonds is 10. The highest BCUT2D eigenvalue weighted by atomic mass is 19.1. The van der Waals surface area contributed by atoms with Gasteiger partial charge >= 0.3 is 11.9 Å². The summed E-state index contributed by atoms with van der Waals surface area (Å²) in [6.45, 7) is 13.9. The first-order chi connectivity index (χ1) is 28.7. The third kappa shape index (κ3) is 11.5. The third-order valence-electron chi connectivity index (χ3n) is 12.4. The summed E-state index contributed by atoms with van der Waals surface area (Å²) in [7, 11) is 6.54. The highest BCUT2D eigenvalue weighted by Gasteiger charge is 2.52. The maximum atomic E-state index is 13.0. The second kappa shape index (κ2) is 22.7. The molecule has 6 rings (SSSR count). The normalized spacial score (nSPS) is 24.7. The van der Waals surface area contributed by atoms with Crippen LogP contribution < -0.4 is 18.9 Å². The van der Waals surface area contributed by atoms with Crippen molar-refractivity contribution in [1.82, 2.24) is 9.80 Å². The first-order valence-corrected chi connectivity index (χ1v) is 21.2. The Morgan fingerprint density at radius 2 is 1.06 bits per heavy atom. The molecule has 2 fully saturated rings. The van der Waals surface area contributed by atoms with Crippen LogP contribution in [0.1, 0.15) is 116 Å². The van der Waals surface area contributed by atoms with Crippen molar-refractivity contribution in [2.45, 2.75) is 118 Å². The number of carbonyl (C=O) groups excluding carboxylic acids is 2. The molecule has 2 aromatic rings. The molecule has 0 radical (unpaired) electrons. The molecule has 0 aliphatic carbocycles. The number of methoxy groups -OCH3 is 4. The lowest BCUT2D eigenvalue weighted by Crippen LogP contribution is -2.56. The minimum atomic E-state index is -0.995. The summed E-state index contributed by atoms with van der Waals surface area (Å²) in [6.07, 6.45) is 4.69. The standard InChI is InChI=1S/C24H32FNO4.C24H33NO5.2CH4/c1-16(2)11-19-15-26-10-7-18-12-22(28-4)23(29-5)13-20(18)21(26)14-24(19,8-6-9-25)30-17(3)27;1-16(2)11-19-15-25-9-7-18-12-22(28-4)23(29-5)13-20(18)21(25)14-24(19,8-6-10-26)30-17(3)27;;/h12-13,16,19,21H,7,9-11,14-15H2,1-5H3;12-13,16,19,21,26H,7,9-11,14-15H2,1-5H3;2*1H4/t2*19-,21-,24-;;/m11../s1/i25+0;;;. The van der Waals surface area contributed by atoms with Crippen molar-refractivity contribution in [1.29, 1.82) is 0 Å². The molecule has 0 spiro atoms. The molecule has 4 aliphatic rings. The van der Waals surface area contributed by atoms with Crippen molar-refractivity contribution < 1.29 is 47.5 Å². The molecule has 0 saturated carbocycles. The van der Waals surface area contributed by atoms with Crippen LogP contribution in [0.25, 0.3) is 0 Å². The first-order valence-electron chi connectivity index (χ1n) is 21.2. The van der Waals surface area contributed by atoms with E-state index in [9.17, 15) is 19.1 Å². The summed E-state index contributed by atoms with van der Waals surface area (Å²) in [5.41, 5.74) is 2.83. The molecule has 6 atom stereocenters. The maximum Gasteiger partial charge on any atom is 0.304 e. The summed E-state index contributed by atoms with van der Waals surface area (Å²) in [4.78, 5) is 29.1. The molecular formula is C50H73FN2O9. The SMILES string of the molecule is C.C.COc1cc2c(cc1OC)[C@H]1C[C@@](C#CCO)(OC(C)=O)[C@H](CC(C)C)CN1CC2.COc1cc2c(cc1OC)[C@H]1C[C@@](C#CC[19F])(OC(C)=O)[C@H](CC(C)C)CN1CC2.